The van der Waals surface area contributed by atoms with Crippen LogP contribution in [-0.2, 0) is 0 Å². The molecule has 4 nitrogen and oxygen atoms in total. The fourth-order valence-electron chi connectivity index (χ4n) is 1.91. The number of benzene rings is 1. The summed E-state index contributed by atoms with van der Waals surface area (Å²) in [7, 11) is 0. The van der Waals surface area contributed by atoms with Crippen LogP contribution < -0.4 is 5.32 Å². The minimum absolute atomic E-state index is 0.263. The molecule has 1 aliphatic rings. The normalized spacial score (nSPS) is 14.4. The maximum absolute atomic E-state index is 12.0. The molecule has 5 heteroatoms. The van der Waals surface area contributed by atoms with Crippen LogP contribution in [0, 0.1) is 6.92 Å². The van der Waals surface area contributed by atoms with Crippen molar-refractivity contribution in [2.45, 2.75) is 25.7 Å². The van der Waals surface area contributed by atoms with Crippen molar-refractivity contribution in [3.8, 4) is 0 Å². The van der Waals surface area contributed by atoms with Crippen LogP contribution in [0.2, 0.25) is 5.02 Å². The summed E-state index contributed by atoms with van der Waals surface area (Å²) in [5.74, 6) is 0.991. The molecule has 19 heavy (non-hydrogen) atoms. The molecule has 98 valence electrons. The van der Waals surface area contributed by atoms with E-state index in [1.807, 2.05) is 6.92 Å². The fraction of sp³-hybridized carbons (Fsp3) is 0.286. The molecule has 1 saturated carbocycles. The van der Waals surface area contributed by atoms with Crippen LogP contribution >= 0.6 is 11.6 Å². The smallest absolute Gasteiger partial charge is 0.277 e. The van der Waals surface area contributed by atoms with Crippen LogP contribution in [0.5, 0.6) is 0 Å². The van der Waals surface area contributed by atoms with Crippen molar-refractivity contribution in [2.24, 2.45) is 0 Å². The zero-order chi connectivity index (χ0) is 13.4. The number of nitrogens with one attached hydrogen (secondary N) is 1. The lowest BCUT2D eigenvalue weighted by Gasteiger charge is -2.06. The quantitative estimate of drug-likeness (QED) is 0.928. The summed E-state index contributed by atoms with van der Waals surface area (Å²) in [6, 6.07) is 7.04. The molecule has 3 rings (SSSR count). The molecule has 1 aromatic heterocycles. The van der Waals surface area contributed by atoms with Crippen molar-refractivity contribution >= 4 is 23.2 Å². The second kappa shape index (κ2) is 4.70. The summed E-state index contributed by atoms with van der Waals surface area (Å²) in [5, 5.41) is 7.26. The molecule has 0 bridgehead atoms. The second-order valence-electron chi connectivity index (χ2n) is 4.80. The Morgan fingerprint density at radius 1 is 1.42 bits per heavy atom. The highest BCUT2D eigenvalue weighted by molar-refractivity contribution is 6.30. The van der Waals surface area contributed by atoms with Crippen LogP contribution in [0.25, 0.3) is 0 Å². The average molecular weight is 277 g/mol. The molecular weight excluding hydrogens is 264 g/mol. The van der Waals surface area contributed by atoms with E-state index < -0.39 is 0 Å². The number of amides is 1. The van der Waals surface area contributed by atoms with E-state index in [1.54, 1.807) is 24.3 Å². The highest BCUT2D eigenvalue weighted by Gasteiger charge is 2.28. The first-order valence-electron chi connectivity index (χ1n) is 6.17. The Balaban J connectivity index is 1.76. The van der Waals surface area contributed by atoms with E-state index >= 15 is 0 Å². The van der Waals surface area contributed by atoms with Gasteiger partial charge in [0, 0.05) is 22.7 Å². The van der Waals surface area contributed by atoms with Crippen LogP contribution in [-0.4, -0.2) is 11.1 Å². The van der Waals surface area contributed by atoms with E-state index in [0.29, 0.717) is 16.6 Å². The van der Waals surface area contributed by atoms with Gasteiger partial charge in [0.1, 0.15) is 5.76 Å². The van der Waals surface area contributed by atoms with Crippen LogP contribution in [0.4, 0.5) is 5.69 Å². The molecule has 0 unspecified atom stereocenters. The zero-order valence-corrected chi connectivity index (χ0v) is 11.2. The molecular formula is C14H13ClN2O2. The maximum Gasteiger partial charge on any atom is 0.277 e. The minimum atomic E-state index is -0.263. The molecule has 2 aromatic rings. The summed E-state index contributed by atoms with van der Waals surface area (Å²) in [4.78, 5) is 12.0. The fourth-order valence-corrected chi connectivity index (χ4v) is 2.14. The largest absolute Gasteiger partial charge is 0.360 e. The number of nitrogens with zero attached hydrogens (tertiary/aromatic N) is 1. The van der Waals surface area contributed by atoms with Gasteiger partial charge in [-0.15, -0.1) is 0 Å². The molecule has 0 saturated heterocycles. The Morgan fingerprint density at radius 3 is 2.89 bits per heavy atom. The summed E-state index contributed by atoms with van der Waals surface area (Å²) >= 11 is 5.88. The molecule has 1 fully saturated rings. The number of rotatable bonds is 3. The Hall–Kier alpha value is -1.81. The third-order valence-corrected chi connectivity index (χ3v) is 3.41. The lowest BCUT2D eigenvalue weighted by atomic mass is 10.2. The van der Waals surface area contributed by atoms with Gasteiger partial charge in [0.05, 0.1) is 0 Å². The van der Waals surface area contributed by atoms with Gasteiger partial charge in [0.2, 0.25) is 0 Å². The van der Waals surface area contributed by atoms with E-state index in [2.05, 4.69) is 10.5 Å². The highest BCUT2D eigenvalue weighted by Crippen LogP contribution is 2.40. The van der Waals surface area contributed by atoms with Gasteiger partial charge in [0.15, 0.2) is 5.69 Å². The molecule has 0 radical (unpaired) electrons. The van der Waals surface area contributed by atoms with Crippen molar-refractivity contribution < 1.29 is 9.32 Å². The second-order valence-corrected chi connectivity index (χ2v) is 5.24. The van der Waals surface area contributed by atoms with Crippen molar-refractivity contribution in [2.75, 3.05) is 5.32 Å². The summed E-state index contributed by atoms with van der Waals surface area (Å²) in [5.41, 5.74) is 1.95. The van der Waals surface area contributed by atoms with E-state index in [-0.39, 0.29) is 5.91 Å². The minimum Gasteiger partial charge on any atom is -0.360 e. The van der Waals surface area contributed by atoms with Crippen molar-refractivity contribution in [1.29, 1.82) is 0 Å². The Kier molecular flexibility index (Phi) is 3.03. The first kappa shape index (κ1) is 12.2. The summed E-state index contributed by atoms with van der Waals surface area (Å²) in [6.07, 6.45) is 2.24. The Morgan fingerprint density at radius 2 is 2.21 bits per heavy atom. The monoisotopic (exact) mass is 276 g/mol. The standard InChI is InChI=1S/C14H13ClN2O2/c1-8-6-10(15)4-5-11(8)16-14(18)12-7-13(19-17-12)9-2-3-9/h4-7,9H,2-3H2,1H3,(H,16,18). The van der Waals surface area contributed by atoms with E-state index in [0.717, 1.165) is 29.9 Å². The lowest BCUT2D eigenvalue weighted by Crippen LogP contribution is -2.13. The summed E-state index contributed by atoms with van der Waals surface area (Å²) < 4.78 is 5.16. The van der Waals surface area contributed by atoms with Crippen molar-refractivity contribution in [3.05, 3.63) is 46.3 Å². The average Bonchev–Trinajstić information content (AvgIpc) is 3.10. The van der Waals surface area contributed by atoms with E-state index in [1.165, 1.54) is 0 Å². The number of anilines is 1. The Bertz CT molecular complexity index is 632. The lowest BCUT2D eigenvalue weighted by molar-refractivity contribution is 0.101. The third-order valence-electron chi connectivity index (χ3n) is 3.18. The van der Waals surface area contributed by atoms with Gasteiger partial charge in [0.25, 0.3) is 5.91 Å². The summed E-state index contributed by atoms with van der Waals surface area (Å²) in [6.45, 7) is 1.89. The number of hydrogen-bond donors (Lipinski definition) is 1. The van der Waals surface area contributed by atoms with Gasteiger partial charge in [-0.2, -0.15) is 0 Å². The molecule has 1 heterocycles. The molecule has 1 aliphatic carbocycles. The topological polar surface area (TPSA) is 55.1 Å². The van der Waals surface area contributed by atoms with Gasteiger partial charge in [-0.1, -0.05) is 16.8 Å². The first-order chi connectivity index (χ1) is 9.13. The maximum atomic E-state index is 12.0. The molecule has 0 aliphatic heterocycles. The molecule has 0 atom stereocenters. The van der Waals surface area contributed by atoms with Gasteiger partial charge in [-0.3, -0.25) is 4.79 Å². The third kappa shape index (κ3) is 2.63. The van der Waals surface area contributed by atoms with Crippen LogP contribution in [0.15, 0.2) is 28.8 Å². The zero-order valence-electron chi connectivity index (χ0n) is 10.4. The van der Waals surface area contributed by atoms with E-state index in [9.17, 15) is 4.79 Å². The molecule has 1 aromatic carbocycles. The Labute approximate surface area is 115 Å². The van der Waals surface area contributed by atoms with Gasteiger partial charge in [-0.05, 0) is 43.5 Å². The van der Waals surface area contributed by atoms with Crippen LogP contribution in [0.1, 0.15) is 40.6 Å². The molecule has 1 N–H and O–H groups in total. The number of halogens is 1. The van der Waals surface area contributed by atoms with Crippen molar-refractivity contribution in [1.82, 2.24) is 5.16 Å². The SMILES string of the molecule is Cc1cc(Cl)ccc1NC(=O)c1cc(C2CC2)on1. The molecule has 1 amide bonds. The number of carbonyl (C=O) groups is 1. The number of carbonyl (C=O) groups excluding carboxylic acids is 1. The van der Waals surface area contributed by atoms with Gasteiger partial charge in [-0.25, -0.2) is 0 Å². The van der Waals surface area contributed by atoms with Gasteiger partial charge < -0.3 is 9.84 Å². The molecule has 0 spiro atoms. The predicted molar refractivity (Wildman–Crippen MR) is 72.6 cm³/mol. The van der Waals surface area contributed by atoms with E-state index in [4.69, 9.17) is 16.1 Å². The first-order valence-corrected chi connectivity index (χ1v) is 6.55. The highest BCUT2D eigenvalue weighted by atomic mass is 35.5. The number of hydrogen-bond acceptors (Lipinski definition) is 3. The van der Waals surface area contributed by atoms with Crippen molar-refractivity contribution in [3.63, 3.8) is 0 Å². The van der Waals surface area contributed by atoms with Crippen LogP contribution in [0.3, 0.4) is 0 Å². The number of aromatic nitrogens is 1. The van der Waals surface area contributed by atoms with Gasteiger partial charge >= 0.3 is 0 Å². The number of aryl methyl sites for hydroxylation is 1. The predicted octanol–water partition coefficient (Wildman–Crippen LogP) is 3.77.